The number of allylic oxidation sites excluding steroid dienone is 3. The van der Waals surface area contributed by atoms with Gasteiger partial charge in [-0.2, -0.15) is 0 Å². The molecule has 128 valence electrons. The Morgan fingerprint density at radius 2 is 1.74 bits per heavy atom. The van der Waals surface area contributed by atoms with E-state index in [1.54, 1.807) is 13.0 Å². The zero-order valence-corrected chi connectivity index (χ0v) is 15.0. The highest BCUT2D eigenvalue weighted by Crippen LogP contribution is 2.44. The number of nitrogens with zero attached hydrogens (tertiary/aromatic N) is 2. The molecule has 1 fully saturated rings. The van der Waals surface area contributed by atoms with Crippen LogP contribution in [0.1, 0.15) is 53.4 Å². The lowest BCUT2D eigenvalue weighted by atomic mass is 9.71. The van der Waals surface area contributed by atoms with Crippen molar-refractivity contribution in [3.8, 4) is 0 Å². The second-order valence-corrected chi connectivity index (χ2v) is 7.43. The molecule has 1 saturated heterocycles. The van der Waals surface area contributed by atoms with Crippen LogP contribution < -0.4 is 0 Å². The van der Waals surface area contributed by atoms with Crippen LogP contribution in [0.2, 0.25) is 0 Å². The molecular formula is C19H30N2O2. The molecule has 0 aromatic rings. The quantitative estimate of drug-likeness (QED) is 0.593. The van der Waals surface area contributed by atoms with Gasteiger partial charge in [-0.25, -0.2) is 0 Å². The SMILES string of the molecule is CC(=O)N1CCCN(C(=CC=O)C2=C(C)CCCC2(C)C)CC1. The van der Waals surface area contributed by atoms with E-state index in [-0.39, 0.29) is 11.3 Å². The number of carbonyl (C=O) groups is 2. The third-order valence-electron chi connectivity index (χ3n) is 5.22. The third-order valence-corrected chi connectivity index (χ3v) is 5.22. The van der Waals surface area contributed by atoms with E-state index < -0.39 is 0 Å². The topological polar surface area (TPSA) is 40.6 Å². The van der Waals surface area contributed by atoms with Gasteiger partial charge in [0.2, 0.25) is 5.91 Å². The van der Waals surface area contributed by atoms with Crippen LogP contribution in [-0.4, -0.2) is 48.2 Å². The van der Waals surface area contributed by atoms with E-state index in [0.29, 0.717) is 0 Å². The Bertz CT molecular complexity index is 531. The molecule has 1 amide bonds. The molecular weight excluding hydrogens is 288 g/mol. The van der Waals surface area contributed by atoms with Crippen molar-refractivity contribution in [1.29, 1.82) is 0 Å². The molecule has 2 rings (SSSR count). The normalized spacial score (nSPS) is 22.9. The Balaban J connectivity index is 2.30. The largest absolute Gasteiger partial charge is 0.369 e. The van der Waals surface area contributed by atoms with Gasteiger partial charge in [0, 0.05) is 44.9 Å². The number of hydrogen-bond donors (Lipinski definition) is 0. The first kappa shape index (κ1) is 17.8. The Morgan fingerprint density at radius 1 is 1.09 bits per heavy atom. The van der Waals surface area contributed by atoms with Gasteiger partial charge in [-0.1, -0.05) is 19.4 Å². The van der Waals surface area contributed by atoms with Gasteiger partial charge in [0.25, 0.3) is 0 Å². The molecule has 1 aliphatic heterocycles. The maximum atomic E-state index is 11.6. The second-order valence-electron chi connectivity index (χ2n) is 7.43. The van der Waals surface area contributed by atoms with E-state index >= 15 is 0 Å². The smallest absolute Gasteiger partial charge is 0.219 e. The summed E-state index contributed by atoms with van der Waals surface area (Å²) in [6.45, 7) is 11.6. The van der Waals surface area contributed by atoms with Crippen LogP contribution in [0.3, 0.4) is 0 Å². The fraction of sp³-hybridized carbons (Fsp3) is 0.684. The summed E-state index contributed by atoms with van der Waals surface area (Å²) in [5.74, 6) is 0.140. The molecule has 4 heteroatoms. The molecule has 0 N–H and O–H groups in total. The van der Waals surface area contributed by atoms with Crippen molar-refractivity contribution in [1.82, 2.24) is 9.80 Å². The van der Waals surface area contributed by atoms with E-state index in [4.69, 9.17) is 0 Å². The zero-order valence-electron chi connectivity index (χ0n) is 15.0. The van der Waals surface area contributed by atoms with Crippen molar-refractivity contribution in [2.75, 3.05) is 26.2 Å². The Labute approximate surface area is 140 Å². The summed E-state index contributed by atoms with van der Waals surface area (Å²) in [4.78, 5) is 27.1. The summed E-state index contributed by atoms with van der Waals surface area (Å²) in [7, 11) is 0. The lowest BCUT2D eigenvalue weighted by Gasteiger charge is -2.39. The molecule has 0 saturated carbocycles. The third kappa shape index (κ3) is 4.04. The van der Waals surface area contributed by atoms with Crippen molar-refractivity contribution in [2.45, 2.75) is 53.4 Å². The van der Waals surface area contributed by atoms with Crippen LogP contribution in [-0.2, 0) is 9.59 Å². The molecule has 0 spiro atoms. The van der Waals surface area contributed by atoms with Crippen LogP contribution >= 0.6 is 0 Å². The van der Waals surface area contributed by atoms with Crippen LogP contribution in [0.5, 0.6) is 0 Å². The number of hydrogen-bond acceptors (Lipinski definition) is 3. The molecule has 0 atom stereocenters. The maximum Gasteiger partial charge on any atom is 0.219 e. The predicted octanol–water partition coefficient (Wildman–Crippen LogP) is 3.15. The average molecular weight is 318 g/mol. The number of aldehydes is 1. The Hall–Kier alpha value is -1.58. The van der Waals surface area contributed by atoms with Crippen molar-refractivity contribution < 1.29 is 9.59 Å². The molecule has 0 unspecified atom stereocenters. The van der Waals surface area contributed by atoms with E-state index in [0.717, 1.165) is 57.4 Å². The summed E-state index contributed by atoms with van der Waals surface area (Å²) < 4.78 is 0. The van der Waals surface area contributed by atoms with E-state index in [1.165, 1.54) is 17.6 Å². The molecule has 23 heavy (non-hydrogen) atoms. The molecule has 1 heterocycles. The first-order chi connectivity index (χ1) is 10.9. The second kappa shape index (κ2) is 7.33. The highest BCUT2D eigenvalue weighted by Gasteiger charge is 2.33. The standard InChI is InChI=1S/C19H30N2O2/c1-15-7-5-9-19(3,4)18(15)17(8-14-22)21-11-6-10-20(12-13-21)16(2)23/h8,14H,5-7,9-13H2,1-4H3. The van der Waals surface area contributed by atoms with E-state index in [2.05, 4.69) is 25.7 Å². The van der Waals surface area contributed by atoms with E-state index in [1.807, 2.05) is 4.90 Å². The summed E-state index contributed by atoms with van der Waals surface area (Å²) in [6, 6.07) is 0. The first-order valence-electron chi connectivity index (χ1n) is 8.73. The van der Waals surface area contributed by atoms with Crippen molar-refractivity contribution in [3.63, 3.8) is 0 Å². The van der Waals surface area contributed by atoms with Crippen LogP contribution in [0.25, 0.3) is 0 Å². The lowest BCUT2D eigenvalue weighted by Crippen LogP contribution is -2.35. The summed E-state index contributed by atoms with van der Waals surface area (Å²) in [5.41, 5.74) is 3.92. The minimum Gasteiger partial charge on any atom is -0.369 e. The van der Waals surface area contributed by atoms with Crippen LogP contribution in [0.15, 0.2) is 22.9 Å². The summed E-state index contributed by atoms with van der Waals surface area (Å²) in [5, 5.41) is 0. The van der Waals surface area contributed by atoms with Gasteiger partial charge < -0.3 is 9.80 Å². The van der Waals surface area contributed by atoms with Crippen LogP contribution in [0.4, 0.5) is 0 Å². The predicted molar refractivity (Wildman–Crippen MR) is 92.9 cm³/mol. The Morgan fingerprint density at radius 3 is 2.35 bits per heavy atom. The minimum atomic E-state index is 0.101. The molecule has 2 aliphatic rings. The zero-order chi connectivity index (χ0) is 17.0. The fourth-order valence-corrected chi connectivity index (χ4v) is 4.07. The number of carbonyl (C=O) groups excluding carboxylic acids is 2. The van der Waals surface area contributed by atoms with Gasteiger partial charge in [0.1, 0.15) is 6.29 Å². The summed E-state index contributed by atoms with van der Waals surface area (Å²) in [6.07, 6.45) is 7.08. The van der Waals surface area contributed by atoms with Gasteiger partial charge in [0.05, 0.1) is 0 Å². The van der Waals surface area contributed by atoms with Gasteiger partial charge in [-0.3, -0.25) is 9.59 Å². The average Bonchev–Trinajstić information content (AvgIpc) is 2.71. The Kier molecular flexibility index (Phi) is 5.66. The number of rotatable bonds is 3. The summed E-state index contributed by atoms with van der Waals surface area (Å²) >= 11 is 0. The molecule has 0 radical (unpaired) electrons. The highest BCUT2D eigenvalue weighted by molar-refractivity contribution is 5.73. The van der Waals surface area contributed by atoms with Crippen molar-refractivity contribution >= 4 is 12.2 Å². The lowest BCUT2D eigenvalue weighted by molar-refractivity contribution is -0.128. The molecule has 0 aromatic carbocycles. The van der Waals surface area contributed by atoms with Crippen molar-refractivity contribution in [3.05, 3.63) is 22.9 Å². The fourth-order valence-electron chi connectivity index (χ4n) is 4.07. The van der Waals surface area contributed by atoms with Crippen molar-refractivity contribution in [2.24, 2.45) is 5.41 Å². The van der Waals surface area contributed by atoms with Gasteiger partial charge in [0.15, 0.2) is 0 Å². The van der Waals surface area contributed by atoms with Crippen LogP contribution in [0, 0.1) is 5.41 Å². The van der Waals surface area contributed by atoms with Gasteiger partial charge in [-0.05, 0) is 43.6 Å². The minimum absolute atomic E-state index is 0.101. The van der Waals surface area contributed by atoms with E-state index in [9.17, 15) is 9.59 Å². The first-order valence-corrected chi connectivity index (χ1v) is 8.73. The van der Waals surface area contributed by atoms with Gasteiger partial charge >= 0.3 is 0 Å². The molecule has 4 nitrogen and oxygen atoms in total. The molecule has 1 aliphatic carbocycles. The molecule has 0 bridgehead atoms. The highest BCUT2D eigenvalue weighted by atomic mass is 16.2. The molecule has 0 aromatic heterocycles. The number of amides is 1. The van der Waals surface area contributed by atoms with Gasteiger partial charge in [-0.15, -0.1) is 0 Å². The monoisotopic (exact) mass is 318 g/mol. The maximum absolute atomic E-state index is 11.6.